The first-order chi connectivity index (χ1) is 13.2. The van der Waals surface area contributed by atoms with Crippen LogP contribution in [0.3, 0.4) is 0 Å². The van der Waals surface area contributed by atoms with Crippen LogP contribution in [0.1, 0.15) is 17.2 Å². The maximum atomic E-state index is 13.0. The van der Waals surface area contributed by atoms with Gasteiger partial charge in [0, 0.05) is 29.0 Å². The molecule has 1 unspecified atom stereocenters. The molecule has 7 heteroatoms. The van der Waals surface area contributed by atoms with E-state index in [1.165, 1.54) is 29.5 Å². The monoisotopic (exact) mass is 405 g/mol. The summed E-state index contributed by atoms with van der Waals surface area (Å²) in [6, 6.07) is 12.4. The van der Waals surface area contributed by atoms with Crippen LogP contribution in [0.4, 0.5) is 4.39 Å². The van der Waals surface area contributed by atoms with E-state index in [9.17, 15) is 9.18 Å². The second-order valence-electron chi connectivity index (χ2n) is 6.38. The van der Waals surface area contributed by atoms with Crippen molar-refractivity contribution in [3.63, 3.8) is 0 Å². The molecule has 142 valence electrons. The molecular formula is C20H20FNO3S2. The smallest absolute Gasteiger partial charge is 0.232 e. The maximum absolute atomic E-state index is 13.0. The largest absolute Gasteiger partial charge is 0.454 e. The molecule has 2 aromatic rings. The maximum Gasteiger partial charge on any atom is 0.232 e. The molecule has 1 saturated heterocycles. The summed E-state index contributed by atoms with van der Waals surface area (Å²) in [4.78, 5) is 15.4. The zero-order valence-electron chi connectivity index (χ0n) is 14.7. The first kappa shape index (κ1) is 18.5. The summed E-state index contributed by atoms with van der Waals surface area (Å²) in [5.41, 5.74) is 1.22. The average molecular weight is 406 g/mol. The zero-order valence-corrected chi connectivity index (χ0v) is 16.4. The van der Waals surface area contributed by atoms with Gasteiger partial charge in [0.05, 0.1) is 5.75 Å². The molecule has 4 nitrogen and oxygen atoms in total. The van der Waals surface area contributed by atoms with Crippen molar-refractivity contribution in [2.45, 2.75) is 16.6 Å². The van der Waals surface area contributed by atoms with Gasteiger partial charge in [-0.05, 0) is 48.4 Å². The van der Waals surface area contributed by atoms with Gasteiger partial charge in [-0.1, -0.05) is 6.07 Å². The van der Waals surface area contributed by atoms with E-state index in [0.717, 1.165) is 41.7 Å². The minimum Gasteiger partial charge on any atom is -0.454 e. The number of ether oxygens (including phenoxy) is 2. The molecule has 2 aromatic carbocycles. The van der Waals surface area contributed by atoms with Gasteiger partial charge in [-0.25, -0.2) is 4.39 Å². The van der Waals surface area contributed by atoms with Crippen molar-refractivity contribution in [3.8, 4) is 11.5 Å². The molecule has 0 spiro atoms. The Morgan fingerprint density at radius 3 is 2.81 bits per heavy atom. The molecule has 0 aliphatic carbocycles. The van der Waals surface area contributed by atoms with Crippen molar-refractivity contribution in [3.05, 3.63) is 53.8 Å². The number of rotatable bonds is 4. The fraction of sp³-hybridized carbons (Fsp3) is 0.350. The third kappa shape index (κ3) is 4.52. The molecule has 2 aliphatic rings. The summed E-state index contributed by atoms with van der Waals surface area (Å²) in [6.07, 6.45) is 0.914. The van der Waals surface area contributed by atoms with Gasteiger partial charge in [-0.2, -0.15) is 11.8 Å². The zero-order chi connectivity index (χ0) is 18.6. The minimum absolute atomic E-state index is 0.135. The van der Waals surface area contributed by atoms with Crippen LogP contribution in [0.2, 0.25) is 0 Å². The molecule has 0 saturated carbocycles. The van der Waals surface area contributed by atoms with E-state index in [4.69, 9.17) is 9.47 Å². The van der Waals surface area contributed by atoms with Gasteiger partial charge < -0.3 is 14.4 Å². The summed E-state index contributed by atoms with van der Waals surface area (Å²) >= 11 is 3.33. The summed E-state index contributed by atoms with van der Waals surface area (Å²) < 4.78 is 23.8. The van der Waals surface area contributed by atoms with Gasteiger partial charge in [-0.15, -0.1) is 11.8 Å². The number of hydrogen-bond donors (Lipinski definition) is 0. The van der Waals surface area contributed by atoms with E-state index in [2.05, 4.69) is 12.1 Å². The number of amides is 1. The lowest BCUT2D eigenvalue weighted by molar-refractivity contribution is -0.128. The highest BCUT2D eigenvalue weighted by Gasteiger charge is 2.24. The van der Waals surface area contributed by atoms with Gasteiger partial charge >= 0.3 is 0 Å². The van der Waals surface area contributed by atoms with Crippen molar-refractivity contribution >= 4 is 29.4 Å². The second-order valence-corrected chi connectivity index (χ2v) is 8.74. The number of benzene rings is 2. The average Bonchev–Trinajstić information content (AvgIpc) is 3.02. The van der Waals surface area contributed by atoms with Crippen molar-refractivity contribution in [2.75, 3.05) is 31.4 Å². The molecule has 2 heterocycles. The standard InChI is InChI=1S/C20H20FNO3S2/c21-15-2-4-16(5-3-15)27-12-20(23)22-8-7-19(26-10-9-22)14-1-6-17-18(11-14)25-13-24-17/h1-6,11,19H,7-10,12-13H2. The summed E-state index contributed by atoms with van der Waals surface area (Å²) in [5, 5.41) is 0.349. The van der Waals surface area contributed by atoms with Crippen molar-refractivity contribution in [1.82, 2.24) is 4.90 Å². The molecule has 1 amide bonds. The number of hydrogen-bond acceptors (Lipinski definition) is 5. The number of nitrogens with zero attached hydrogens (tertiary/aromatic N) is 1. The van der Waals surface area contributed by atoms with Crippen LogP contribution in [0, 0.1) is 5.82 Å². The minimum atomic E-state index is -0.259. The molecule has 0 radical (unpaired) electrons. The number of carbonyl (C=O) groups excluding carboxylic acids is 1. The van der Waals surface area contributed by atoms with Gasteiger partial charge in [0.25, 0.3) is 0 Å². The van der Waals surface area contributed by atoms with Crippen LogP contribution in [-0.4, -0.2) is 42.2 Å². The Balaban J connectivity index is 1.32. The summed E-state index contributed by atoms with van der Waals surface area (Å²) in [7, 11) is 0. The molecule has 4 rings (SSSR count). The number of fused-ring (bicyclic) bond motifs is 1. The van der Waals surface area contributed by atoms with Crippen molar-refractivity contribution < 1.29 is 18.7 Å². The van der Waals surface area contributed by atoms with Crippen LogP contribution in [0.25, 0.3) is 0 Å². The Kier molecular flexibility index (Phi) is 5.78. The molecule has 1 atom stereocenters. The van der Waals surface area contributed by atoms with E-state index in [-0.39, 0.29) is 18.5 Å². The predicted octanol–water partition coefficient (Wildman–Crippen LogP) is 4.35. The quantitative estimate of drug-likeness (QED) is 0.707. The SMILES string of the molecule is O=C(CSc1ccc(F)cc1)N1CCSC(c2ccc3c(c2)OCO3)CC1. The number of carbonyl (C=O) groups is 1. The predicted molar refractivity (Wildman–Crippen MR) is 106 cm³/mol. The highest BCUT2D eigenvalue weighted by molar-refractivity contribution is 8.00. The van der Waals surface area contributed by atoms with Crippen LogP contribution >= 0.6 is 23.5 Å². The van der Waals surface area contributed by atoms with Crippen LogP contribution in [0.15, 0.2) is 47.4 Å². The Labute approximate surface area is 166 Å². The molecular weight excluding hydrogens is 385 g/mol. The molecule has 2 aliphatic heterocycles. The van der Waals surface area contributed by atoms with Crippen molar-refractivity contribution in [1.29, 1.82) is 0 Å². The second kappa shape index (κ2) is 8.44. The van der Waals surface area contributed by atoms with Crippen LogP contribution < -0.4 is 9.47 Å². The van der Waals surface area contributed by atoms with E-state index < -0.39 is 0 Å². The highest BCUT2D eigenvalue weighted by Crippen LogP contribution is 2.40. The summed E-state index contributed by atoms with van der Waals surface area (Å²) in [6.45, 7) is 1.79. The molecule has 0 bridgehead atoms. The summed E-state index contributed by atoms with van der Waals surface area (Å²) in [5.74, 6) is 2.77. The molecule has 27 heavy (non-hydrogen) atoms. The van der Waals surface area contributed by atoms with E-state index >= 15 is 0 Å². The van der Waals surface area contributed by atoms with Gasteiger partial charge in [0.1, 0.15) is 5.82 Å². The first-order valence-corrected chi connectivity index (χ1v) is 10.9. The third-order valence-electron chi connectivity index (χ3n) is 4.64. The fourth-order valence-corrected chi connectivity index (χ4v) is 5.19. The lowest BCUT2D eigenvalue weighted by Crippen LogP contribution is -2.34. The van der Waals surface area contributed by atoms with Gasteiger partial charge in [-0.3, -0.25) is 4.79 Å². The van der Waals surface area contributed by atoms with E-state index in [0.29, 0.717) is 11.0 Å². The Hall–Kier alpha value is -1.86. The van der Waals surface area contributed by atoms with Gasteiger partial charge in [0.15, 0.2) is 11.5 Å². The molecule has 0 aromatic heterocycles. The Morgan fingerprint density at radius 2 is 1.96 bits per heavy atom. The van der Waals surface area contributed by atoms with Crippen molar-refractivity contribution in [2.24, 2.45) is 0 Å². The molecule has 0 N–H and O–H groups in total. The number of halogens is 1. The highest BCUT2D eigenvalue weighted by atomic mass is 32.2. The van der Waals surface area contributed by atoms with Crippen LogP contribution in [0.5, 0.6) is 11.5 Å². The third-order valence-corrected chi connectivity index (χ3v) is 6.96. The number of thioether (sulfide) groups is 2. The lowest BCUT2D eigenvalue weighted by atomic mass is 10.1. The van der Waals surface area contributed by atoms with Gasteiger partial charge in [0.2, 0.25) is 12.7 Å². The fourth-order valence-electron chi connectivity index (χ4n) is 3.17. The Morgan fingerprint density at radius 1 is 1.15 bits per heavy atom. The van der Waals surface area contributed by atoms with Crippen LogP contribution in [-0.2, 0) is 4.79 Å². The topological polar surface area (TPSA) is 38.8 Å². The normalized spacial score (nSPS) is 19.0. The first-order valence-electron chi connectivity index (χ1n) is 8.86. The lowest BCUT2D eigenvalue weighted by Gasteiger charge is -2.20. The van der Waals surface area contributed by atoms with E-state index in [1.807, 2.05) is 22.7 Å². The van der Waals surface area contributed by atoms with E-state index in [1.54, 1.807) is 12.1 Å². The molecule has 1 fully saturated rings. The Bertz CT molecular complexity index is 815.